The third-order valence-electron chi connectivity index (χ3n) is 4.75. The maximum atomic E-state index is 12.7. The van der Waals surface area contributed by atoms with Gasteiger partial charge in [0.25, 0.3) is 11.6 Å². The van der Waals surface area contributed by atoms with Gasteiger partial charge in [0.05, 0.1) is 17.1 Å². The first-order chi connectivity index (χ1) is 16.3. The van der Waals surface area contributed by atoms with Crippen molar-refractivity contribution in [2.24, 2.45) is 0 Å². The van der Waals surface area contributed by atoms with Crippen LogP contribution >= 0.6 is 11.6 Å². The molecule has 8 nitrogen and oxygen atoms in total. The Bertz CT molecular complexity index is 1300. The predicted octanol–water partition coefficient (Wildman–Crippen LogP) is 5.69. The minimum absolute atomic E-state index is 0.0120. The molecular formula is C25H20ClN3O5. The Morgan fingerprint density at radius 1 is 1.21 bits per heavy atom. The van der Waals surface area contributed by atoms with Crippen LogP contribution in [-0.4, -0.2) is 17.9 Å². The van der Waals surface area contributed by atoms with Crippen molar-refractivity contribution in [1.29, 1.82) is 5.26 Å². The number of nitro benzene ring substituents is 1. The number of hydrogen-bond acceptors (Lipinski definition) is 6. The fourth-order valence-corrected chi connectivity index (χ4v) is 3.37. The molecule has 0 spiro atoms. The number of ether oxygens (including phenoxy) is 2. The molecule has 0 saturated carbocycles. The number of nitro groups is 1. The van der Waals surface area contributed by atoms with E-state index < -0.39 is 10.8 Å². The van der Waals surface area contributed by atoms with Gasteiger partial charge in [-0.3, -0.25) is 14.9 Å². The minimum atomic E-state index is -0.797. The molecule has 0 aliphatic carbocycles. The number of rotatable bonds is 8. The molecule has 0 heterocycles. The molecule has 0 fully saturated rings. The minimum Gasteiger partial charge on any atom is -0.493 e. The number of anilines is 1. The molecular weight excluding hydrogens is 458 g/mol. The first kappa shape index (κ1) is 24.3. The number of aryl methyl sites for hydroxylation is 1. The van der Waals surface area contributed by atoms with E-state index in [9.17, 15) is 20.2 Å². The van der Waals surface area contributed by atoms with E-state index in [1.165, 1.54) is 31.4 Å². The zero-order chi connectivity index (χ0) is 24.7. The SMILES string of the molecule is COc1cc(/C=C(\C#N)C(=O)Nc2ccc(C)cc2[N+](=O)[O-])cc(Cl)c1OCc1ccccc1. The van der Waals surface area contributed by atoms with Crippen molar-refractivity contribution in [2.75, 3.05) is 12.4 Å². The molecule has 0 atom stereocenters. The highest BCUT2D eigenvalue weighted by Crippen LogP contribution is 2.37. The van der Waals surface area contributed by atoms with E-state index in [2.05, 4.69) is 5.32 Å². The number of methoxy groups -OCH3 is 1. The molecule has 3 rings (SSSR count). The van der Waals surface area contributed by atoms with Crippen molar-refractivity contribution in [1.82, 2.24) is 0 Å². The van der Waals surface area contributed by atoms with Gasteiger partial charge in [-0.25, -0.2) is 0 Å². The first-order valence-corrected chi connectivity index (χ1v) is 10.4. The van der Waals surface area contributed by atoms with E-state index in [0.717, 1.165) is 5.56 Å². The van der Waals surface area contributed by atoms with Gasteiger partial charge in [-0.05, 0) is 47.9 Å². The van der Waals surface area contributed by atoms with E-state index in [0.29, 0.717) is 22.6 Å². The average molecular weight is 478 g/mol. The smallest absolute Gasteiger partial charge is 0.293 e. The van der Waals surface area contributed by atoms with Crippen molar-refractivity contribution in [3.05, 3.63) is 98.1 Å². The zero-order valence-corrected chi connectivity index (χ0v) is 19.1. The molecule has 1 N–H and O–H groups in total. The highest BCUT2D eigenvalue weighted by molar-refractivity contribution is 6.32. The summed E-state index contributed by atoms with van der Waals surface area (Å²) in [6.45, 7) is 1.97. The second-order valence-corrected chi connectivity index (χ2v) is 7.62. The van der Waals surface area contributed by atoms with E-state index in [-0.39, 0.29) is 28.6 Å². The van der Waals surface area contributed by atoms with Crippen molar-refractivity contribution >= 4 is 35.0 Å². The summed E-state index contributed by atoms with van der Waals surface area (Å²) in [4.78, 5) is 23.4. The van der Waals surface area contributed by atoms with Gasteiger partial charge in [-0.15, -0.1) is 0 Å². The second kappa shape index (κ2) is 11.0. The van der Waals surface area contributed by atoms with E-state index in [1.54, 1.807) is 19.1 Å². The quantitative estimate of drug-likeness (QED) is 0.193. The fourth-order valence-electron chi connectivity index (χ4n) is 3.10. The summed E-state index contributed by atoms with van der Waals surface area (Å²) in [6, 6.07) is 18.8. The number of halogens is 1. The highest BCUT2D eigenvalue weighted by Gasteiger charge is 2.19. The molecule has 9 heteroatoms. The van der Waals surface area contributed by atoms with Crippen LogP contribution in [0.5, 0.6) is 11.5 Å². The molecule has 0 saturated heterocycles. The van der Waals surface area contributed by atoms with E-state index in [1.807, 2.05) is 36.4 Å². The maximum Gasteiger partial charge on any atom is 0.293 e. The lowest BCUT2D eigenvalue weighted by Gasteiger charge is -2.13. The Morgan fingerprint density at radius 2 is 1.94 bits per heavy atom. The number of nitriles is 1. The summed E-state index contributed by atoms with van der Waals surface area (Å²) in [6.07, 6.45) is 1.31. The Kier molecular flexibility index (Phi) is 7.85. The number of nitrogens with one attached hydrogen (secondary N) is 1. The predicted molar refractivity (Wildman–Crippen MR) is 129 cm³/mol. The lowest BCUT2D eigenvalue weighted by Crippen LogP contribution is -2.14. The van der Waals surface area contributed by atoms with Gasteiger partial charge in [0.1, 0.15) is 23.9 Å². The molecule has 1 amide bonds. The third-order valence-corrected chi connectivity index (χ3v) is 5.03. The monoisotopic (exact) mass is 477 g/mol. The number of amides is 1. The molecule has 0 bridgehead atoms. The average Bonchev–Trinajstić information content (AvgIpc) is 2.83. The van der Waals surface area contributed by atoms with E-state index >= 15 is 0 Å². The summed E-state index contributed by atoms with van der Waals surface area (Å²) in [5.74, 6) is -0.154. The van der Waals surface area contributed by atoms with Crippen LogP contribution < -0.4 is 14.8 Å². The van der Waals surface area contributed by atoms with Crippen LogP contribution in [0.25, 0.3) is 6.08 Å². The number of benzene rings is 3. The molecule has 3 aromatic carbocycles. The van der Waals surface area contributed by atoms with Gasteiger partial charge in [0.15, 0.2) is 11.5 Å². The number of hydrogen-bond donors (Lipinski definition) is 1. The van der Waals surface area contributed by atoms with Crippen LogP contribution in [0.2, 0.25) is 5.02 Å². The lowest BCUT2D eigenvalue weighted by atomic mass is 10.1. The molecule has 0 aliphatic heterocycles. The second-order valence-electron chi connectivity index (χ2n) is 7.21. The van der Waals surface area contributed by atoms with Crippen molar-refractivity contribution in [2.45, 2.75) is 13.5 Å². The lowest BCUT2D eigenvalue weighted by molar-refractivity contribution is -0.384. The maximum absolute atomic E-state index is 12.7. The van der Waals surface area contributed by atoms with E-state index in [4.69, 9.17) is 21.1 Å². The van der Waals surface area contributed by atoms with Crippen molar-refractivity contribution < 1.29 is 19.2 Å². The van der Waals surface area contributed by atoms with Crippen LogP contribution in [0.4, 0.5) is 11.4 Å². The summed E-state index contributed by atoms with van der Waals surface area (Å²) in [5.41, 5.74) is 1.47. The highest BCUT2D eigenvalue weighted by atomic mass is 35.5. The molecule has 0 unspecified atom stereocenters. The van der Waals surface area contributed by atoms with Crippen molar-refractivity contribution in [3.8, 4) is 17.6 Å². The Morgan fingerprint density at radius 3 is 2.59 bits per heavy atom. The summed E-state index contributed by atoms with van der Waals surface area (Å²) < 4.78 is 11.2. The van der Waals surface area contributed by atoms with Crippen LogP contribution in [0, 0.1) is 28.4 Å². The van der Waals surface area contributed by atoms with Gasteiger partial charge in [-0.2, -0.15) is 5.26 Å². The standard InChI is InChI=1S/C25H20ClN3O5/c1-16-8-9-21(22(10-16)29(31)32)28-25(30)19(14-27)11-18-12-20(26)24(23(13-18)33-2)34-15-17-6-4-3-5-7-17/h3-13H,15H2,1-2H3,(H,28,30)/b19-11+. The summed E-state index contributed by atoms with van der Waals surface area (Å²) >= 11 is 6.39. The first-order valence-electron chi connectivity index (χ1n) is 10.0. The van der Waals surface area contributed by atoms with Gasteiger partial charge in [0.2, 0.25) is 0 Å². The molecule has 0 aromatic heterocycles. The van der Waals surface area contributed by atoms with Gasteiger partial charge in [-0.1, -0.05) is 48.0 Å². The largest absolute Gasteiger partial charge is 0.493 e. The Labute approximate surface area is 201 Å². The zero-order valence-electron chi connectivity index (χ0n) is 18.4. The molecule has 34 heavy (non-hydrogen) atoms. The normalized spacial score (nSPS) is 10.8. The summed E-state index contributed by atoms with van der Waals surface area (Å²) in [5, 5.41) is 23.5. The third kappa shape index (κ3) is 5.91. The molecule has 0 radical (unpaired) electrons. The van der Waals surface area contributed by atoms with Crippen LogP contribution in [0.15, 0.2) is 66.2 Å². The molecule has 172 valence electrons. The topological polar surface area (TPSA) is 114 Å². The summed E-state index contributed by atoms with van der Waals surface area (Å²) in [7, 11) is 1.45. The fraction of sp³-hybridized carbons (Fsp3) is 0.120. The molecule has 3 aromatic rings. The van der Waals surface area contributed by atoms with Crippen molar-refractivity contribution in [3.63, 3.8) is 0 Å². The number of carbonyl (C=O) groups excluding carboxylic acids is 1. The Hall–Kier alpha value is -4.35. The Balaban J connectivity index is 1.85. The van der Waals surface area contributed by atoms with Gasteiger partial charge < -0.3 is 14.8 Å². The molecule has 0 aliphatic rings. The number of nitrogens with zero attached hydrogens (tertiary/aromatic N) is 2. The van der Waals surface area contributed by atoms with Crippen LogP contribution in [0.1, 0.15) is 16.7 Å². The van der Waals surface area contributed by atoms with Crippen LogP contribution in [0.3, 0.4) is 0 Å². The van der Waals surface area contributed by atoms with Gasteiger partial charge in [0, 0.05) is 6.07 Å². The van der Waals surface area contributed by atoms with Gasteiger partial charge >= 0.3 is 0 Å². The number of carbonyl (C=O) groups is 1. The van der Waals surface area contributed by atoms with Crippen LogP contribution in [-0.2, 0) is 11.4 Å².